The molecule has 0 aliphatic carbocycles. The normalized spacial score (nSPS) is 12.8. The summed E-state index contributed by atoms with van der Waals surface area (Å²) in [7, 11) is -1.94. The minimum atomic E-state index is -3.50. The molecule has 0 amide bonds. The van der Waals surface area contributed by atoms with Gasteiger partial charge in [0.25, 0.3) is 0 Å². The van der Waals surface area contributed by atoms with Gasteiger partial charge in [0.1, 0.15) is 5.75 Å². The van der Waals surface area contributed by atoms with Gasteiger partial charge in [-0.25, -0.2) is 13.1 Å². The Morgan fingerprint density at radius 1 is 1.13 bits per heavy atom. The van der Waals surface area contributed by atoms with Gasteiger partial charge in [0.2, 0.25) is 10.0 Å². The minimum Gasteiger partial charge on any atom is -0.497 e. The molecule has 2 aromatic carbocycles. The van der Waals surface area contributed by atoms with Gasteiger partial charge in [-0.15, -0.1) is 0 Å². The van der Waals surface area contributed by atoms with Crippen LogP contribution in [-0.4, -0.2) is 22.1 Å². The van der Waals surface area contributed by atoms with Crippen molar-refractivity contribution in [3.05, 3.63) is 59.7 Å². The highest BCUT2D eigenvalue weighted by molar-refractivity contribution is 7.89. The van der Waals surface area contributed by atoms with Crippen molar-refractivity contribution >= 4 is 10.0 Å². The van der Waals surface area contributed by atoms with Gasteiger partial charge in [0.15, 0.2) is 0 Å². The number of benzene rings is 2. The molecule has 2 rings (SSSR count). The first-order valence-electron chi connectivity index (χ1n) is 7.63. The maximum absolute atomic E-state index is 12.4. The van der Waals surface area contributed by atoms with Crippen LogP contribution in [-0.2, 0) is 10.0 Å². The zero-order chi connectivity index (χ0) is 16.9. The second-order valence-electron chi connectivity index (χ2n) is 5.63. The molecule has 0 fully saturated rings. The molecule has 0 saturated heterocycles. The molecular weight excluding hydrogens is 310 g/mol. The molecule has 0 bridgehead atoms. The maximum atomic E-state index is 12.4. The van der Waals surface area contributed by atoms with Gasteiger partial charge in [0.05, 0.1) is 12.0 Å². The number of aryl methyl sites for hydroxylation is 1. The van der Waals surface area contributed by atoms with Crippen LogP contribution in [0.5, 0.6) is 5.75 Å². The Morgan fingerprint density at radius 3 is 2.43 bits per heavy atom. The van der Waals surface area contributed by atoms with Crippen molar-refractivity contribution in [2.75, 3.05) is 13.7 Å². The quantitative estimate of drug-likeness (QED) is 0.844. The van der Waals surface area contributed by atoms with Crippen LogP contribution in [0.15, 0.2) is 53.4 Å². The van der Waals surface area contributed by atoms with Crippen LogP contribution in [0.2, 0.25) is 0 Å². The van der Waals surface area contributed by atoms with Crippen molar-refractivity contribution in [2.24, 2.45) is 0 Å². The lowest BCUT2D eigenvalue weighted by atomic mass is 9.98. The van der Waals surface area contributed by atoms with Crippen molar-refractivity contribution in [3.63, 3.8) is 0 Å². The third-order valence-corrected chi connectivity index (χ3v) is 5.53. The van der Waals surface area contributed by atoms with E-state index in [9.17, 15) is 8.42 Å². The summed E-state index contributed by atoms with van der Waals surface area (Å²) in [5, 5.41) is 0. The molecule has 1 unspecified atom stereocenters. The number of ether oxygens (including phenoxy) is 1. The number of rotatable bonds is 7. The molecule has 0 radical (unpaired) electrons. The monoisotopic (exact) mass is 333 g/mol. The topological polar surface area (TPSA) is 55.4 Å². The van der Waals surface area contributed by atoms with E-state index in [4.69, 9.17) is 4.74 Å². The third-order valence-electron chi connectivity index (χ3n) is 3.91. The Morgan fingerprint density at radius 2 is 1.83 bits per heavy atom. The van der Waals surface area contributed by atoms with Gasteiger partial charge in [0, 0.05) is 6.54 Å². The highest BCUT2D eigenvalue weighted by Gasteiger charge is 2.17. The molecule has 0 spiro atoms. The molecule has 0 aliphatic rings. The van der Waals surface area contributed by atoms with Gasteiger partial charge in [-0.1, -0.05) is 37.3 Å². The maximum Gasteiger partial charge on any atom is 0.240 e. The van der Waals surface area contributed by atoms with Crippen molar-refractivity contribution in [1.82, 2.24) is 4.72 Å². The van der Waals surface area contributed by atoms with Crippen LogP contribution < -0.4 is 9.46 Å². The summed E-state index contributed by atoms with van der Waals surface area (Å²) in [5.74, 6) is 0.954. The molecule has 5 heteroatoms. The largest absolute Gasteiger partial charge is 0.497 e. The molecule has 0 heterocycles. The smallest absolute Gasteiger partial charge is 0.240 e. The zero-order valence-electron chi connectivity index (χ0n) is 13.7. The Labute approximate surface area is 138 Å². The molecule has 124 valence electrons. The molecule has 2 aromatic rings. The van der Waals surface area contributed by atoms with Gasteiger partial charge >= 0.3 is 0 Å². The second kappa shape index (κ2) is 7.62. The lowest BCUT2D eigenvalue weighted by Crippen LogP contribution is -2.26. The van der Waals surface area contributed by atoms with Crippen LogP contribution in [0.3, 0.4) is 0 Å². The summed E-state index contributed by atoms with van der Waals surface area (Å²) in [6.07, 6.45) is 0.748. The van der Waals surface area contributed by atoms with Crippen LogP contribution in [0.1, 0.15) is 30.4 Å². The van der Waals surface area contributed by atoms with E-state index in [0.29, 0.717) is 28.7 Å². The van der Waals surface area contributed by atoms with E-state index in [1.807, 2.05) is 18.2 Å². The SMILES string of the molecule is COc1ccc(S(=O)(=O)NCCC(C)c2ccccc2)c(C)c1. The van der Waals surface area contributed by atoms with Crippen molar-refractivity contribution < 1.29 is 13.2 Å². The Hall–Kier alpha value is -1.85. The second-order valence-corrected chi connectivity index (χ2v) is 7.36. The van der Waals surface area contributed by atoms with Crippen LogP contribution in [0, 0.1) is 6.92 Å². The van der Waals surface area contributed by atoms with Crippen LogP contribution >= 0.6 is 0 Å². The van der Waals surface area contributed by atoms with Gasteiger partial charge in [-0.05, 0) is 48.6 Å². The van der Waals surface area contributed by atoms with Gasteiger partial charge in [-0.3, -0.25) is 0 Å². The summed E-state index contributed by atoms with van der Waals surface area (Å²) in [6.45, 7) is 4.27. The summed E-state index contributed by atoms with van der Waals surface area (Å²) in [6, 6.07) is 15.1. The number of methoxy groups -OCH3 is 1. The number of hydrogen-bond acceptors (Lipinski definition) is 3. The summed E-state index contributed by atoms with van der Waals surface area (Å²) in [4.78, 5) is 0.297. The Bertz CT molecular complexity index is 742. The summed E-state index contributed by atoms with van der Waals surface area (Å²) < 4.78 is 32.6. The zero-order valence-corrected chi connectivity index (χ0v) is 14.6. The van der Waals surface area contributed by atoms with E-state index >= 15 is 0 Å². The van der Waals surface area contributed by atoms with E-state index in [0.717, 1.165) is 6.42 Å². The first kappa shape index (κ1) is 17.5. The average Bonchev–Trinajstić information content (AvgIpc) is 2.55. The van der Waals surface area contributed by atoms with Crippen molar-refractivity contribution in [1.29, 1.82) is 0 Å². The van der Waals surface area contributed by atoms with Crippen LogP contribution in [0.4, 0.5) is 0 Å². The van der Waals surface area contributed by atoms with E-state index in [1.54, 1.807) is 32.2 Å². The fraction of sp³-hybridized carbons (Fsp3) is 0.333. The standard InChI is InChI=1S/C18H23NO3S/c1-14(16-7-5-4-6-8-16)11-12-19-23(20,21)18-10-9-17(22-3)13-15(18)2/h4-10,13-14,19H,11-12H2,1-3H3. The molecule has 0 saturated carbocycles. The average molecular weight is 333 g/mol. The highest BCUT2D eigenvalue weighted by atomic mass is 32.2. The summed E-state index contributed by atoms with van der Waals surface area (Å²) in [5.41, 5.74) is 1.89. The fourth-order valence-corrected chi connectivity index (χ4v) is 3.76. The molecule has 23 heavy (non-hydrogen) atoms. The number of sulfonamides is 1. The van der Waals surface area contributed by atoms with Crippen LogP contribution in [0.25, 0.3) is 0 Å². The first-order chi connectivity index (χ1) is 10.9. The lowest BCUT2D eigenvalue weighted by Gasteiger charge is -2.14. The molecule has 1 N–H and O–H groups in total. The number of hydrogen-bond donors (Lipinski definition) is 1. The molecule has 1 atom stereocenters. The lowest BCUT2D eigenvalue weighted by molar-refractivity contribution is 0.414. The Balaban J connectivity index is 1.99. The van der Waals surface area contributed by atoms with E-state index in [-0.39, 0.29) is 0 Å². The number of nitrogens with one attached hydrogen (secondary N) is 1. The van der Waals surface area contributed by atoms with Gasteiger partial charge < -0.3 is 4.74 Å². The molecular formula is C18H23NO3S. The first-order valence-corrected chi connectivity index (χ1v) is 9.11. The predicted octanol–water partition coefficient (Wildman–Crippen LogP) is 3.48. The Kier molecular flexibility index (Phi) is 5.80. The molecule has 0 aliphatic heterocycles. The van der Waals surface area contributed by atoms with E-state index in [2.05, 4.69) is 23.8 Å². The summed E-state index contributed by atoms with van der Waals surface area (Å²) >= 11 is 0. The van der Waals surface area contributed by atoms with E-state index in [1.165, 1.54) is 5.56 Å². The third kappa shape index (κ3) is 4.56. The fourth-order valence-electron chi connectivity index (χ4n) is 2.49. The van der Waals surface area contributed by atoms with Crippen molar-refractivity contribution in [3.8, 4) is 5.75 Å². The predicted molar refractivity (Wildman–Crippen MR) is 92.4 cm³/mol. The molecule has 4 nitrogen and oxygen atoms in total. The minimum absolute atomic E-state index is 0.297. The van der Waals surface area contributed by atoms with E-state index < -0.39 is 10.0 Å². The van der Waals surface area contributed by atoms with Crippen molar-refractivity contribution in [2.45, 2.75) is 31.1 Å². The molecule has 0 aromatic heterocycles. The van der Waals surface area contributed by atoms with Gasteiger partial charge in [-0.2, -0.15) is 0 Å². The highest BCUT2D eigenvalue weighted by Crippen LogP contribution is 2.22.